The number of nitrogens with zero attached hydrogens (tertiary/aromatic N) is 1. The molecule has 126 valence electrons. The van der Waals surface area contributed by atoms with Crippen molar-refractivity contribution in [2.45, 2.75) is 39.5 Å². The zero-order chi connectivity index (χ0) is 17.0. The molecule has 1 aromatic rings. The molecule has 0 aliphatic carbocycles. The third-order valence-electron chi connectivity index (χ3n) is 4.79. The minimum absolute atomic E-state index is 0.0791. The number of piperidine rings is 1. The number of amides is 1. The van der Waals surface area contributed by atoms with Crippen LogP contribution < -0.4 is 0 Å². The standard InChI is InChI=1S/C18H24BrNO3/c1-3-13(11-14-7-4-5-8-15(14)19)16(21)20-10-6-9-18(2,12-20)17(22)23/h4-5,7-8,13H,3,6,9-12H2,1-2H3,(H,22,23). The molecular formula is C18H24BrNO3. The van der Waals surface area contributed by atoms with E-state index in [0.717, 1.165) is 22.9 Å². The van der Waals surface area contributed by atoms with E-state index in [1.54, 1.807) is 11.8 Å². The number of hydrogen-bond acceptors (Lipinski definition) is 2. The Kier molecular flexibility index (Phi) is 5.84. The maximum absolute atomic E-state index is 12.9. The van der Waals surface area contributed by atoms with Crippen LogP contribution in [0.2, 0.25) is 0 Å². The van der Waals surface area contributed by atoms with Crippen molar-refractivity contribution < 1.29 is 14.7 Å². The van der Waals surface area contributed by atoms with Gasteiger partial charge in [-0.25, -0.2) is 0 Å². The molecule has 1 fully saturated rings. The normalized spacial score (nSPS) is 22.7. The van der Waals surface area contributed by atoms with Crippen molar-refractivity contribution in [2.75, 3.05) is 13.1 Å². The Balaban J connectivity index is 2.10. The number of carboxylic acid groups (broad SMARTS) is 1. The molecule has 5 heteroatoms. The number of benzene rings is 1. The molecule has 1 N–H and O–H groups in total. The van der Waals surface area contributed by atoms with Gasteiger partial charge in [-0.2, -0.15) is 0 Å². The summed E-state index contributed by atoms with van der Waals surface area (Å²) in [6.07, 6.45) is 2.81. The highest BCUT2D eigenvalue weighted by atomic mass is 79.9. The van der Waals surface area contributed by atoms with E-state index >= 15 is 0 Å². The van der Waals surface area contributed by atoms with Gasteiger partial charge in [-0.05, 0) is 44.2 Å². The monoisotopic (exact) mass is 381 g/mol. The highest BCUT2D eigenvalue weighted by molar-refractivity contribution is 9.10. The minimum atomic E-state index is -0.820. The molecule has 2 atom stereocenters. The summed E-state index contributed by atoms with van der Waals surface area (Å²) in [5.74, 6) is -0.839. The molecule has 2 rings (SSSR count). The number of hydrogen-bond donors (Lipinski definition) is 1. The second-order valence-corrected chi connectivity index (χ2v) is 7.48. The van der Waals surface area contributed by atoms with Gasteiger partial charge in [0.15, 0.2) is 0 Å². The van der Waals surface area contributed by atoms with Crippen molar-refractivity contribution in [1.82, 2.24) is 4.90 Å². The van der Waals surface area contributed by atoms with Crippen molar-refractivity contribution in [3.63, 3.8) is 0 Å². The summed E-state index contributed by atoms with van der Waals surface area (Å²) in [5.41, 5.74) is 0.296. The smallest absolute Gasteiger partial charge is 0.311 e. The predicted octanol–water partition coefficient (Wildman–Crippen LogP) is 3.73. The SMILES string of the molecule is CCC(Cc1ccccc1Br)C(=O)N1CCCC(C)(C(=O)O)C1. The molecule has 0 spiro atoms. The maximum atomic E-state index is 12.9. The van der Waals surface area contributed by atoms with Crippen LogP contribution in [0.25, 0.3) is 0 Å². The van der Waals surface area contributed by atoms with Crippen molar-refractivity contribution in [3.8, 4) is 0 Å². The third kappa shape index (κ3) is 4.14. The molecule has 1 aliphatic heterocycles. The Morgan fingerprint density at radius 1 is 1.39 bits per heavy atom. The summed E-state index contributed by atoms with van der Waals surface area (Å²) in [5, 5.41) is 9.42. The highest BCUT2D eigenvalue weighted by Gasteiger charge is 2.40. The summed E-state index contributed by atoms with van der Waals surface area (Å²) in [4.78, 5) is 26.1. The molecule has 4 nitrogen and oxygen atoms in total. The first-order valence-electron chi connectivity index (χ1n) is 8.13. The van der Waals surface area contributed by atoms with Crippen molar-refractivity contribution in [2.24, 2.45) is 11.3 Å². The van der Waals surface area contributed by atoms with E-state index in [1.165, 1.54) is 0 Å². The van der Waals surface area contributed by atoms with E-state index in [9.17, 15) is 14.7 Å². The average molecular weight is 382 g/mol. The van der Waals surface area contributed by atoms with Gasteiger partial charge in [-0.3, -0.25) is 9.59 Å². The first-order valence-corrected chi connectivity index (χ1v) is 8.92. The van der Waals surface area contributed by atoms with Gasteiger partial charge in [0.1, 0.15) is 0 Å². The molecule has 1 aromatic carbocycles. The Bertz CT molecular complexity index is 589. The number of carbonyl (C=O) groups is 2. The van der Waals surface area contributed by atoms with Crippen LogP contribution in [0.15, 0.2) is 28.7 Å². The summed E-state index contributed by atoms with van der Waals surface area (Å²) >= 11 is 3.53. The lowest BCUT2D eigenvalue weighted by atomic mass is 9.81. The van der Waals surface area contributed by atoms with Gasteiger partial charge in [-0.1, -0.05) is 41.1 Å². The lowest BCUT2D eigenvalue weighted by molar-refractivity contribution is -0.154. The van der Waals surface area contributed by atoms with E-state index < -0.39 is 11.4 Å². The fraction of sp³-hybridized carbons (Fsp3) is 0.556. The summed E-state index contributed by atoms with van der Waals surface area (Å²) in [7, 11) is 0. The van der Waals surface area contributed by atoms with Crippen LogP contribution in [0.4, 0.5) is 0 Å². The van der Waals surface area contributed by atoms with Crippen molar-refractivity contribution in [3.05, 3.63) is 34.3 Å². The number of rotatable bonds is 5. The molecule has 1 aliphatic rings. The molecule has 23 heavy (non-hydrogen) atoms. The molecule has 1 amide bonds. The van der Waals surface area contributed by atoms with Gasteiger partial charge in [0.2, 0.25) is 5.91 Å². The van der Waals surface area contributed by atoms with Gasteiger partial charge < -0.3 is 10.0 Å². The maximum Gasteiger partial charge on any atom is 0.311 e. The van der Waals surface area contributed by atoms with Crippen molar-refractivity contribution >= 4 is 27.8 Å². The fourth-order valence-electron chi connectivity index (χ4n) is 3.20. The Morgan fingerprint density at radius 3 is 2.70 bits per heavy atom. The lowest BCUT2D eigenvalue weighted by Crippen LogP contribution is -2.50. The van der Waals surface area contributed by atoms with E-state index in [-0.39, 0.29) is 11.8 Å². The molecule has 1 saturated heterocycles. The summed E-state index contributed by atoms with van der Waals surface area (Å²) < 4.78 is 1.01. The van der Waals surface area contributed by atoms with E-state index in [0.29, 0.717) is 25.9 Å². The van der Waals surface area contributed by atoms with Crippen LogP contribution >= 0.6 is 15.9 Å². The average Bonchev–Trinajstić information content (AvgIpc) is 2.53. The lowest BCUT2D eigenvalue weighted by Gasteiger charge is -2.39. The topological polar surface area (TPSA) is 57.6 Å². The van der Waals surface area contributed by atoms with E-state index in [4.69, 9.17) is 0 Å². The largest absolute Gasteiger partial charge is 0.481 e. The second kappa shape index (κ2) is 7.47. The Labute approximate surface area is 146 Å². The van der Waals surface area contributed by atoms with Crippen LogP contribution in [0.1, 0.15) is 38.7 Å². The highest BCUT2D eigenvalue weighted by Crippen LogP contribution is 2.31. The molecule has 0 bridgehead atoms. The summed E-state index contributed by atoms with van der Waals surface area (Å²) in [6.45, 7) is 4.73. The van der Waals surface area contributed by atoms with Crippen LogP contribution in [0.3, 0.4) is 0 Å². The number of carboxylic acids is 1. The third-order valence-corrected chi connectivity index (χ3v) is 5.56. The molecule has 1 heterocycles. The first kappa shape index (κ1) is 18.0. The Morgan fingerprint density at radius 2 is 2.09 bits per heavy atom. The van der Waals surface area contributed by atoms with Crippen LogP contribution in [-0.2, 0) is 16.0 Å². The molecular weight excluding hydrogens is 358 g/mol. The number of likely N-dealkylation sites (tertiary alicyclic amines) is 1. The van der Waals surface area contributed by atoms with Gasteiger partial charge in [0.25, 0.3) is 0 Å². The minimum Gasteiger partial charge on any atom is -0.481 e. The summed E-state index contributed by atoms with van der Waals surface area (Å²) in [6, 6.07) is 7.94. The van der Waals surface area contributed by atoms with Crippen LogP contribution in [0, 0.1) is 11.3 Å². The zero-order valence-corrected chi connectivity index (χ0v) is 15.3. The van der Waals surface area contributed by atoms with E-state index in [2.05, 4.69) is 15.9 Å². The number of carbonyl (C=O) groups excluding carboxylic acids is 1. The fourth-order valence-corrected chi connectivity index (χ4v) is 3.64. The zero-order valence-electron chi connectivity index (χ0n) is 13.7. The predicted molar refractivity (Wildman–Crippen MR) is 93.2 cm³/mol. The van der Waals surface area contributed by atoms with Gasteiger partial charge in [-0.15, -0.1) is 0 Å². The molecule has 0 saturated carbocycles. The second-order valence-electron chi connectivity index (χ2n) is 6.63. The van der Waals surface area contributed by atoms with Crippen LogP contribution in [-0.4, -0.2) is 35.0 Å². The van der Waals surface area contributed by atoms with Gasteiger partial charge >= 0.3 is 5.97 Å². The molecule has 0 aromatic heterocycles. The van der Waals surface area contributed by atoms with E-state index in [1.807, 2.05) is 31.2 Å². The van der Waals surface area contributed by atoms with Gasteiger partial charge in [0, 0.05) is 23.5 Å². The number of aliphatic carboxylic acids is 1. The molecule has 2 unspecified atom stereocenters. The number of halogens is 1. The van der Waals surface area contributed by atoms with Crippen LogP contribution in [0.5, 0.6) is 0 Å². The van der Waals surface area contributed by atoms with Gasteiger partial charge in [0.05, 0.1) is 5.41 Å². The quantitative estimate of drug-likeness (QED) is 0.844. The Hall–Kier alpha value is -1.36. The first-order chi connectivity index (χ1) is 10.9. The van der Waals surface area contributed by atoms with Crippen molar-refractivity contribution in [1.29, 1.82) is 0 Å². The molecule has 0 radical (unpaired) electrons.